The Hall–Kier alpha value is -1.36. The smallest absolute Gasteiger partial charge is 0.204 e. The van der Waals surface area contributed by atoms with E-state index in [9.17, 15) is 13.9 Å². The van der Waals surface area contributed by atoms with Crippen molar-refractivity contribution in [3.05, 3.63) is 23.3 Å². The monoisotopic (exact) mass is 246 g/mol. The average Bonchev–Trinajstić information content (AvgIpc) is 2.31. The molecular weight excluding hydrogens is 230 g/mol. The second-order valence-electron chi connectivity index (χ2n) is 4.33. The van der Waals surface area contributed by atoms with Crippen LogP contribution in [-0.2, 0) is 5.41 Å². The minimum Gasteiger partial charge on any atom is -0.492 e. The lowest BCUT2D eigenvalue weighted by molar-refractivity contribution is 0.212. The van der Waals surface area contributed by atoms with Gasteiger partial charge in [-0.25, -0.2) is 4.39 Å². The van der Waals surface area contributed by atoms with Gasteiger partial charge in [0.2, 0.25) is 5.82 Å². The molecule has 96 valence electrons. The van der Waals surface area contributed by atoms with Crippen LogP contribution in [0.2, 0.25) is 0 Å². The van der Waals surface area contributed by atoms with E-state index in [1.165, 1.54) is 14.2 Å². The van der Waals surface area contributed by atoms with Gasteiger partial charge in [-0.3, -0.25) is 0 Å². The maximum atomic E-state index is 13.5. The standard InChI is InChI=1S/C12H16F2O3/c1-12(2,6-15)7-5-8(13)9(14)11(17-4)10(7)16-3/h5,15H,6H2,1-4H3. The molecule has 0 amide bonds. The normalized spacial score (nSPS) is 11.5. The number of hydrogen-bond acceptors (Lipinski definition) is 3. The summed E-state index contributed by atoms with van der Waals surface area (Å²) in [7, 11) is 2.57. The maximum Gasteiger partial charge on any atom is 0.204 e. The van der Waals surface area contributed by atoms with Crippen LogP contribution in [0.5, 0.6) is 11.5 Å². The Labute approximate surface area is 99.0 Å². The van der Waals surface area contributed by atoms with Gasteiger partial charge in [-0.05, 0) is 6.07 Å². The molecule has 1 aromatic rings. The van der Waals surface area contributed by atoms with Crippen LogP contribution < -0.4 is 9.47 Å². The minimum absolute atomic E-state index is 0.102. The van der Waals surface area contributed by atoms with Gasteiger partial charge in [-0.1, -0.05) is 13.8 Å². The number of benzene rings is 1. The van der Waals surface area contributed by atoms with E-state index in [0.29, 0.717) is 5.56 Å². The summed E-state index contributed by atoms with van der Waals surface area (Å²) in [4.78, 5) is 0. The first-order valence-electron chi connectivity index (χ1n) is 5.10. The number of halogens is 2. The molecule has 0 aromatic heterocycles. The Bertz CT molecular complexity index is 417. The highest BCUT2D eigenvalue weighted by Gasteiger charge is 2.29. The van der Waals surface area contributed by atoms with Crippen molar-refractivity contribution in [1.29, 1.82) is 0 Å². The van der Waals surface area contributed by atoms with Gasteiger partial charge in [0.1, 0.15) is 0 Å². The highest BCUT2D eigenvalue weighted by molar-refractivity contribution is 5.51. The summed E-state index contributed by atoms with van der Waals surface area (Å²) in [5.41, 5.74) is -0.397. The summed E-state index contributed by atoms with van der Waals surface area (Å²) >= 11 is 0. The van der Waals surface area contributed by atoms with Crippen molar-refractivity contribution in [1.82, 2.24) is 0 Å². The van der Waals surface area contributed by atoms with Crippen LogP contribution in [0.15, 0.2) is 6.07 Å². The van der Waals surface area contributed by atoms with Gasteiger partial charge in [-0.2, -0.15) is 4.39 Å². The van der Waals surface area contributed by atoms with Crippen molar-refractivity contribution >= 4 is 0 Å². The van der Waals surface area contributed by atoms with Crippen LogP contribution in [0, 0.1) is 11.6 Å². The first-order chi connectivity index (χ1) is 7.88. The second-order valence-corrected chi connectivity index (χ2v) is 4.33. The van der Waals surface area contributed by atoms with Crippen LogP contribution in [0.1, 0.15) is 19.4 Å². The highest BCUT2D eigenvalue weighted by atomic mass is 19.2. The molecule has 0 atom stereocenters. The van der Waals surface area contributed by atoms with Gasteiger partial charge in [0.05, 0.1) is 20.8 Å². The van der Waals surface area contributed by atoms with Gasteiger partial charge < -0.3 is 14.6 Å². The number of aliphatic hydroxyl groups excluding tert-OH is 1. The lowest BCUT2D eigenvalue weighted by atomic mass is 9.84. The number of aliphatic hydroxyl groups is 1. The summed E-state index contributed by atoms with van der Waals surface area (Å²) in [6.07, 6.45) is 0. The summed E-state index contributed by atoms with van der Waals surface area (Å²) in [6, 6.07) is 1.02. The average molecular weight is 246 g/mol. The predicted octanol–water partition coefficient (Wildman–Crippen LogP) is 2.25. The molecule has 1 rings (SSSR count). The number of methoxy groups -OCH3 is 2. The van der Waals surface area contributed by atoms with Crippen molar-refractivity contribution in [2.75, 3.05) is 20.8 Å². The van der Waals surface area contributed by atoms with Crippen molar-refractivity contribution in [2.45, 2.75) is 19.3 Å². The molecule has 1 N–H and O–H groups in total. The zero-order valence-electron chi connectivity index (χ0n) is 10.3. The van der Waals surface area contributed by atoms with E-state index in [1.807, 2.05) is 0 Å². The number of ether oxygens (including phenoxy) is 2. The van der Waals surface area contributed by atoms with E-state index >= 15 is 0 Å². The Morgan fingerprint density at radius 2 is 1.71 bits per heavy atom. The zero-order chi connectivity index (χ0) is 13.2. The van der Waals surface area contributed by atoms with Crippen molar-refractivity contribution in [3.8, 4) is 11.5 Å². The number of hydrogen-bond donors (Lipinski definition) is 1. The molecule has 0 aliphatic rings. The van der Waals surface area contributed by atoms with E-state index in [2.05, 4.69) is 0 Å². The summed E-state index contributed by atoms with van der Waals surface area (Å²) in [5.74, 6) is -2.31. The van der Waals surface area contributed by atoms with Gasteiger partial charge in [0.25, 0.3) is 0 Å². The van der Waals surface area contributed by atoms with Gasteiger partial charge >= 0.3 is 0 Å². The van der Waals surface area contributed by atoms with Crippen LogP contribution in [0.3, 0.4) is 0 Å². The third-order valence-corrected chi connectivity index (χ3v) is 2.66. The molecule has 0 saturated heterocycles. The topological polar surface area (TPSA) is 38.7 Å². The minimum atomic E-state index is -1.10. The van der Waals surface area contributed by atoms with E-state index < -0.39 is 17.0 Å². The first kappa shape index (κ1) is 13.7. The van der Waals surface area contributed by atoms with E-state index in [1.54, 1.807) is 13.8 Å². The molecule has 0 heterocycles. The fourth-order valence-corrected chi connectivity index (χ4v) is 1.56. The molecule has 5 heteroatoms. The molecule has 17 heavy (non-hydrogen) atoms. The Kier molecular flexibility index (Phi) is 3.93. The highest BCUT2D eigenvalue weighted by Crippen LogP contribution is 2.41. The lowest BCUT2D eigenvalue weighted by Crippen LogP contribution is -2.23. The zero-order valence-corrected chi connectivity index (χ0v) is 10.3. The molecule has 0 spiro atoms. The molecule has 0 aliphatic carbocycles. The van der Waals surface area contributed by atoms with Crippen LogP contribution in [0.25, 0.3) is 0 Å². The van der Waals surface area contributed by atoms with Crippen molar-refractivity contribution < 1.29 is 23.4 Å². The molecule has 3 nitrogen and oxygen atoms in total. The maximum absolute atomic E-state index is 13.5. The molecule has 0 aliphatic heterocycles. The van der Waals surface area contributed by atoms with Crippen LogP contribution in [0.4, 0.5) is 8.78 Å². The molecule has 0 fully saturated rings. The van der Waals surface area contributed by atoms with Gasteiger partial charge in [-0.15, -0.1) is 0 Å². The van der Waals surface area contributed by atoms with E-state index in [4.69, 9.17) is 9.47 Å². The summed E-state index contributed by atoms with van der Waals surface area (Å²) in [5, 5.41) is 9.28. The fraction of sp³-hybridized carbons (Fsp3) is 0.500. The third-order valence-electron chi connectivity index (χ3n) is 2.66. The summed E-state index contributed by atoms with van der Waals surface area (Å²) in [6.45, 7) is 3.17. The Morgan fingerprint density at radius 1 is 1.18 bits per heavy atom. The van der Waals surface area contributed by atoms with Crippen LogP contribution in [-0.4, -0.2) is 25.9 Å². The largest absolute Gasteiger partial charge is 0.492 e. The van der Waals surface area contributed by atoms with Crippen molar-refractivity contribution in [2.24, 2.45) is 0 Å². The predicted molar refractivity (Wildman–Crippen MR) is 59.6 cm³/mol. The molecule has 1 aromatic carbocycles. The second kappa shape index (κ2) is 4.87. The third kappa shape index (κ3) is 2.34. The fourth-order valence-electron chi connectivity index (χ4n) is 1.56. The molecule has 0 radical (unpaired) electrons. The first-order valence-corrected chi connectivity index (χ1v) is 5.10. The Balaban J connectivity index is 3.56. The van der Waals surface area contributed by atoms with E-state index in [-0.39, 0.29) is 18.1 Å². The molecule has 0 unspecified atom stereocenters. The molecule has 0 bridgehead atoms. The SMILES string of the molecule is COc1c(C(C)(C)CO)cc(F)c(F)c1OC. The lowest BCUT2D eigenvalue weighted by Gasteiger charge is -2.26. The van der Waals surface area contributed by atoms with Crippen LogP contribution >= 0.6 is 0 Å². The number of rotatable bonds is 4. The van der Waals surface area contributed by atoms with E-state index in [0.717, 1.165) is 6.07 Å². The van der Waals surface area contributed by atoms with Gasteiger partial charge in [0, 0.05) is 11.0 Å². The Morgan fingerprint density at radius 3 is 2.12 bits per heavy atom. The van der Waals surface area contributed by atoms with Crippen molar-refractivity contribution in [3.63, 3.8) is 0 Å². The summed E-state index contributed by atoms with van der Waals surface area (Å²) < 4.78 is 36.8. The molecular formula is C12H16F2O3. The molecule has 0 saturated carbocycles. The quantitative estimate of drug-likeness (QED) is 0.885. The van der Waals surface area contributed by atoms with Gasteiger partial charge in [0.15, 0.2) is 17.3 Å².